The highest BCUT2D eigenvalue weighted by atomic mass is 16.5. The molecule has 0 aliphatic carbocycles. The number of likely N-dealkylation sites (tertiary alicyclic amines) is 1. The summed E-state index contributed by atoms with van der Waals surface area (Å²) in [6.07, 6.45) is 3.16. The number of anilines is 3. The van der Waals surface area contributed by atoms with Gasteiger partial charge in [0, 0.05) is 18.7 Å². The van der Waals surface area contributed by atoms with Gasteiger partial charge in [-0.25, -0.2) is 0 Å². The number of primary amides is 1. The van der Waals surface area contributed by atoms with Crippen LogP contribution in [0, 0.1) is 0 Å². The Morgan fingerprint density at radius 2 is 2.11 bits per heavy atom. The highest BCUT2D eigenvalue weighted by Gasteiger charge is 2.23. The number of carbonyl (C=O) groups is 2. The molecule has 3 aromatic rings. The molecule has 2 aromatic heterocycles. The number of rotatable bonds is 9. The fourth-order valence-electron chi connectivity index (χ4n) is 4.06. The van der Waals surface area contributed by atoms with Crippen molar-refractivity contribution in [1.29, 1.82) is 0 Å². The summed E-state index contributed by atoms with van der Waals surface area (Å²) in [5.74, 6) is -0.766. The predicted octanol–water partition coefficient (Wildman–Crippen LogP) is 1.17. The Hall–Kier alpha value is -4.26. The van der Waals surface area contributed by atoms with E-state index in [-0.39, 0.29) is 28.9 Å². The quantitative estimate of drug-likeness (QED) is 0.343. The number of hydrogen-bond acceptors (Lipinski definition) is 11. The Morgan fingerprint density at radius 3 is 2.83 bits per heavy atom. The second kappa shape index (κ2) is 10.3. The lowest BCUT2D eigenvalue weighted by molar-refractivity contribution is 0.0906. The van der Waals surface area contributed by atoms with Gasteiger partial charge in [-0.3, -0.25) is 9.59 Å². The molecule has 4 rings (SSSR count). The molecule has 1 unspecified atom stereocenters. The molecule has 1 atom stereocenters. The molecule has 0 spiro atoms. The third-order valence-corrected chi connectivity index (χ3v) is 5.83. The first-order valence-corrected chi connectivity index (χ1v) is 11.1. The summed E-state index contributed by atoms with van der Waals surface area (Å²) in [5.41, 5.74) is 12.2. The highest BCUT2D eigenvalue weighted by Crippen LogP contribution is 2.37. The molecule has 1 fully saturated rings. The van der Waals surface area contributed by atoms with Crippen LogP contribution in [0.15, 0.2) is 28.8 Å². The minimum absolute atomic E-state index is 0.0889. The first-order valence-electron chi connectivity index (χ1n) is 11.1. The van der Waals surface area contributed by atoms with Gasteiger partial charge in [0.2, 0.25) is 5.82 Å². The normalized spacial score (nSPS) is 15.7. The molecule has 35 heavy (non-hydrogen) atoms. The number of ether oxygens (including phenoxy) is 1. The molecule has 184 valence electrons. The van der Waals surface area contributed by atoms with E-state index in [4.69, 9.17) is 20.7 Å². The van der Waals surface area contributed by atoms with Gasteiger partial charge in [0.05, 0.1) is 24.0 Å². The van der Waals surface area contributed by atoms with Gasteiger partial charge in [0.1, 0.15) is 5.82 Å². The third-order valence-electron chi connectivity index (χ3n) is 5.83. The van der Waals surface area contributed by atoms with Crippen LogP contribution in [0.2, 0.25) is 0 Å². The Kier molecular flexibility index (Phi) is 7.06. The lowest BCUT2D eigenvalue weighted by Crippen LogP contribution is -2.31. The molecule has 0 radical (unpaired) electrons. The van der Waals surface area contributed by atoms with Crippen LogP contribution >= 0.6 is 0 Å². The van der Waals surface area contributed by atoms with E-state index < -0.39 is 11.8 Å². The Balaban J connectivity index is 1.51. The van der Waals surface area contributed by atoms with Gasteiger partial charge in [-0.1, -0.05) is 11.2 Å². The Bertz CT molecular complexity index is 1230. The molecule has 1 saturated heterocycles. The zero-order valence-electron chi connectivity index (χ0n) is 19.4. The molecule has 6 N–H and O–H groups in total. The average Bonchev–Trinajstić information content (AvgIpc) is 3.48. The van der Waals surface area contributed by atoms with Gasteiger partial charge >= 0.3 is 11.8 Å². The molecule has 1 aliphatic heterocycles. The van der Waals surface area contributed by atoms with Crippen molar-refractivity contribution < 1.29 is 18.8 Å². The molecule has 0 bridgehead atoms. The fourth-order valence-corrected chi connectivity index (χ4v) is 4.06. The van der Waals surface area contributed by atoms with Gasteiger partial charge in [0.15, 0.2) is 11.4 Å². The molecule has 1 aliphatic rings. The van der Waals surface area contributed by atoms with Crippen molar-refractivity contribution in [2.75, 3.05) is 38.3 Å². The van der Waals surface area contributed by atoms with E-state index >= 15 is 0 Å². The van der Waals surface area contributed by atoms with E-state index in [0.717, 1.165) is 19.4 Å². The molecule has 13 nitrogen and oxygen atoms in total. The number of nitrogens with zero attached hydrogens (tertiary/aromatic N) is 5. The zero-order valence-corrected chi connectivity index (χ0v) is 19.4. The van der Waals surface area contributed by atoms with Crippen molar-refractivity contribution >= 4 is 29.0 Å². The van der Waals surface area contributed by atoms with E-state index in [1.54, 1.807) is 18.2 Å². The van der Waals surface area contributed by atoms with Gasteiger partial charge in [-0.15, -0.1) is 10.2 Å². The van der Waals surface area contributed by atoms with Crippen molar-refractivity contribution in [3.63, 3.8) is 0 Å². The van der Waals surface area contributed by atoms with Crippen molar-refractivity contribution in [2.24, 2.45) is 5.73 Å². The lowest BCUT2D eigenvalue weighted by Gasteiger charge is -2.18. The maximum Gasteiger partial charge on any atom is 0.316 e. The standard InChI is InChI=1S/C22H27N9O4/c1-31-10-4-5-12(31)8-9-25-21(33)22-27-20(30-35-22)13-6-3-7-14(18(13)34-2)26-15-11-16(23)28-29-17(15)19(24)32/h3,6-7,11-12H,4-5,8-10H2,1-2H3,(H2,24,32)(H,25,33)(H3,23,26,28). The maximum absolute atomic E-state index is 12.5. The van der Waals surface area contributed by atoms with E-state index in [2.05, 4.69) is 42.9 Å². The summed E-state index contributed by atoms with van der Waals surface area (Å²) >= 11 is 0. The second-order valence-corrected chi connectivity index (χ2v) is 8.15. The minimum Gasteiger partial charge on any atom is -0.494 e. The van der Waals surface area contributed by atoms with Gasteiger partial charge in [0.25, 0.3) is 5.91 Å². The number of carbonyl (C=O) groups excluding carboxylic acids is 2. The van der Waals surface area contributed by atoms with E-state index in [1.807, 2.05) is 0 Å². The smallest absolute Gasteiger partial charge is 0.316 e. The molecule has 13 heteroatoms. The Labute approximate surface area is 201 Å². The minimum atomic E-state index is -0.775. The number of amides is 2. The first kappa shape index (κ1) is 23.9. The van der Waals surface area contributed by atoms with E-state index in [9.17, 15) is 9.59 Å². The van der Waals surface area contributed by atoms with Crippen molar-refractivity contribution in [3.8, 4) is 17.1 Å². The zero-order chi connectivity index (χ0) is 24.9. The van der Waals surface area contributed by atoms with Gasteiger partial charge in [-0.05, 0) is 45.0 Å². The monoisotopic (exact) mass is 481 g/mol. The number of nitrogens with one attached hydrogen (secondary N) is 2. The summed E-state index contributed by atoms with van der Waals surface area (Å²) in [6, 6.07) is 7.03. The van der Waals surface area contributed by atoms with Gasteiger partial charge in [-0.2, -0.15) is 4.98 Å². The molecule has 1 aromatic carbocycles. The summed E-state index contributed by atoms with van der Waals surface area (Å²) in [6.45, 7) is 1.59. The van der Waals surface area contributed by atoms with Gasteiger partial charge < -0.3 is 36.3 Å². The van der Waals surface area contributed by atoms with Crippen LogP contribution < -0.4 is 26.8 Å². The van der Waals surface area contributed by atoms with Crippen LogP contribution in [0.25, 0.3) is 11.4 Å². The molecule has 2 amide bonds. The number of hydrogen-bond donors (Lipinski definition) is 4. The van der Waals surface area contributed by atoms with Crippen molar-refractivity contribution in [2.45, 2.75) is 25.3 Å². The highest BCUT2D eigenvalue weighted by molar-refractivity contribution is 5.98. The number of aromatic nitrogens is 4. The number of para-hydroxylation sites is 1. The molecule has 0 saturated carbocycles. The first-order chi connectivity index (χ1) is 16.9. The van der Waals surface area contributed by atoms with Crippen LogP contribution in [0.5, 0.6) is 5.75 Å². The number of nitrogens with two attached hydrogens (primary N) is 2. The summed E-state index contributed by atoms with van der Waals surface area (Å²) in [4.78, 5) is 30.8. The molecular formula is C22H27N9O4. The maximum atomic E-state index is 12.5. The third kappa shape index (κ3) is 5.30. The topological polar surface area (TPSA) is 187 Å². The summed E-state index contributed by atoms with van der Waals surface area (Å²) in [7, 11) is 3.56. The van der Waals surface area contributed by atoms with E-state index in [1.165, 1.54) is 19.6 Å². The lowest BCUT2D eigenvalue weighted by atomic mass is 10.1. The number of benzene rings is 1. The summed E-state index contributed by atoms with van der Waals surface area (Å²) < 4.78 is 10.8. The Morgan fingerprint density at radius 1 is 1.29 bits per heavy atom. The predicted molar refractivity (Wildman–Crippen MR) is 127 cm³/mol. The molecule has 3 heterocycles. The van der Waals surface area contributed by atoms with E-state index in [0.29, 0.717) is 29.6 Å². The average molecular weight is 482 g/mol. The number of nitrogen functional groups attached to an aromatic ring is 1. The van der Waals surface area contributed by atoms with Crippen molar-refractivity contribution in [1.82, 2.24) is 30.6 Å². The summed E-state index contributed by atoms with van der Waals surface area (Å²) in [5, 5.41) is 17.2. The van der Waals surface area contributed by atoms with Crippen LogP contribution in [0.3, 0.4) is 0 Å². The van der Waals surface area contributed by atoms with Crippen LogP contribution in [-0.2, 0) is 0 Å². The fraction of sp³-hybridized carbons (Fsp3) is 0.364. The largest absolute Gasteiger partial charge is 0.494 e. The second-order valence-electron chi connectivity index (χ2n) is 8.15. The van der Waals surface area contributed by atoms with Crippen molar-refractivity contribution in [3.05, 3.63) is 35.9 Å². The SMILES string of the molecule is COc1c(Nc2cc(N)nnc2C(N)=O)cccc1-c1noc(C(=O)NCCC2CCCN2C)n1. The van der Waals surface area contributed by atoms with Crippen LogP contribution in [-0.4, -0.2) is 70.3 Å². The number of methoxy groups -OCH3 is 1. The molecular weight excluding hydrogens is 454 g/mol. The van der Waals surface area contributed by atoms with Crippen LogP contribution in [0.4, 0.5) is 17.2 Å². The van der Waals surface area contributed by atoms with Crippen LogP contribution in [0.1, 0.15) is 40.4 Å².